The summed E-state index contributed by atoms with van der Waals surface area (Å²) >= 11 is 5.85. The van der Waals surface area contributed by atoms with Gasteiger partial charge in [0.05, 0.1) is 11.0 Å². The van der Waals surface area contributed by atoms with Gasteiger partial charge in [0.15, 0.2) is 0 Å². The molecule has 0 spiro atoms. The van der Waals surface area contributed by atoms with Gasteiger partial charge in [-0.25, -0.2) is 9.37 Å². The van der Waals surface area contributed by atoms with Crippen molar-refractivity contribution in [1.29, 1.82) is 0 Å². The Morgan fingerprint density at radius 3 is 2.95 bits per heavy atom. The van der Waals surface area contributed by atoms with Crippen molar-refractivity contribution < 1.29 is 4.39 Å². The van der Waals surface area contributed by atoms with Crippen LogP contribution in [0.25, 0.3) is 11.0 Å². The number of benzene rings is 1. The van der Waals surface area contributed by atoms with E-state index in [0.29, 0.717) is 11.8 Å². The summed E-state index contributed by atoms with van der Waals surface area (Å²) in [5, 5.41) is 0. The highest BCUT2D eigenvalue weighted by Gasteiger charge is 2.28. The van der Waals surface area contributed by atoms with E-state index in [9.17, 15) is 4.39 Å². The number of imidazole rings is 1. The molecule has 1 aliphatic rings. The Morgan fingerprint density at radius 1 is 1.47 bits per heavy atom. The molecule has 3 rings (SSSR count). The number of hydrogen-bond donors (Lipinski definition) is 0. The van der Waals surface area contributed by atoms with Gasteiger partial charge in [-0.2, -0.15) is 0 Å². The zero-order valence-electron chi connectivity index (χ0n) is 11.1. The first kappa shape index (κ1) is 12.9. The van der Waals surface area contributed by atoms with E-state index >= 15 is 0 Å². The molecule has 0 radical (unpaired) electrons. The molecule has 1 unspecified atom stereocenters. The highest BCUT2D eigenvalue weighted by Crippen LogP contribution is 2.38. The maximum Gasteiger partial charge on any atom is 0.125 e. The van der Waals surface area contributed by atoms with E-state index in [2.05, 4.69) is 16.5 Å². The number of aryl methyl sites for hydroxylation is 1. The lowest BCUT2D eigenvalue weighted by molar-refractivity contribution is 0.429. The smallest absolute Gasteiger partial charge is 0.125 e. The second kappa shape index (κ2) is 5.12. The van der Waals surface area contributed by atoms with Gasteiger partial charge in [-0.3, -0.25) is 0 Å². The van der Waals surface area contributed by atoms with Crippen LogP contribution in [0.4, 0.5) is 4.39 Å². The SMILES string of the molecule is CC(Cn1c(CCCl)nc2cc(F)ccc21)C1CC1. The first-order chi connectivity index (χ1) is 9.19. The van der Waals surface area contributed by atoms with Gasteiger partial charge >= 0.3 is 0 Å². The summed E-state index contributed by atoms with van der Waals surface area (Å²) in [5.41, 5.74) is 1.76. The van der Waals surface area contributed by atoms with Gasteiger partial charge in [-0.1, -0.05) is 6.92 Å². The monoisotopic (exact) mass is 280 g/mol. The summed E-state index contributed by atoms with van der Waals surface area (Å²) in [4.78, 5) is 4.53. The topological polar surface area (TPSA) is 17.8 Å². The lowest BCUT2D eigenvalue weighted by atomic mass is 10.1. The van der Waals surface area contributed by atoms with Crippen LogP contribution in [0.5, 0.6) is 0 Å². The summed E-state index contributed by atoms with van der Waals surface area (Å²) < 4.78 is 15.5. The van der Waals surface area contributed by atoms with Crippen LogP contribution in [0.2, 0.25) is 0 Å². The molecule has 2 aromatic rings. The van der Waals surface area contributed by atoms with Gasteiger partial charge in [0.2, 0.25) is 0 Å². The number of hydrogen-bond acceptors (Lipinski definition) is 1. The van der Waals surface area contributed by atoms with Crippen molar-refractivity contribution in [1.82, 2.24) is 9.55 Å². The maximum absolute atomic E-state index is 13.3. The summed E-state index contributed by atoms with van der Waals surface area (Å²) in [5.74, 6) is 2.79. The minimum atomic E-state index is -0.232. The first-order valence-corrected chi connectivity index (χ1v) is 7.43. The summed E-state index contributed by atoms with van der Waals surface area (Å²) in [6.07, 6.45) is 3.41. The standard InChI is InChI=1S/C15H18ClFN2/c1-10(11-2-3-11)9-19-14-5-4-12(17)8-13(14)18-15(19)6-7-16/h4-5,8,10-11H,2-3,6-7,9H2,1H3. The Bertz CT molecular complexity index is 589. The number of halogens is 2. The molecule has 2 nitrogen and oxygen atoms in total. The molecular formula is C15H18ClFN2. The van der Waals surface area contributed by atoms with Crippen molar-refractivity contribution in [2.45, 2.75) is 32.7 Å². The Hall–Kier alpha value is -1.09. The molecule has 0 saturated heterocycles. The number of nitrogens with zero attached hydrogens (tertiary/aromatic N) is 2. The van der Waals surface area contributed by atoms with E-state index in [0.717, 1.165) is 35.7 Å². The average Bonchev–Trinajstić information content (AvgIpc) is 3.16. The van der Waals surface area contributed by atoms with Gasteiger partial charge in [-0.05, 0) is 36.8 Å². The van der Waals surface area contributed by atoms with Gasteiger partial charge in [0.25, 0.3) is 0 Å². The molecule has 1 aromatic heterocycles. The van der Waals surface area contributed by atoms with E-state index in [4.69, 9.17) is 11.6 Å². The molecule has 1 aromatic carbocycles. The summed E-state index contributed by atoms with van der Waals surface area (Å²) in [6, 6.07) is 4.84. The van der Waals surface area contributed by atoms with Crippen LogP contribution in [-0.2, 0) is 13.0 Å². The third-order valence-electron chi connectivity index (χ3n) is 4.00. The fourth-order valence-electron chi connectivity index (χ4n) is 2.73. The lowest BCUT2D eigenvalue weighted by Crippen LogP contribution is -2.12. The number of aromatic nitrogens is 2. The van der Waals surface area contributed by atoms with E-state index in [1.807, 2.05) is 6.07 Å². The molecule has 0 aliphatic heterocycles. The molecule has 1 fully saturated rings. The number of fused-ring (bicyclic) bond motifs is 1. The van der Waals surface area contributed by atoms with Crippen LogP contribution in [0.1, 0.15) is 25.6 Å². The number of alkyl halides is 1. The highest BCUT2D eigenvalue weighted by atomic mass is 35.5. The van der Waals surface area contributed by atoms with Crippen LogP contribution < -0.4 is 0 Å². The minimum Gasteiger partial charge on any atom is -0.328 e. The molecule has 1 heterocycles. The fraction of sp³-hybridized carbons (Fsp3) is 0.533. The molecule has 4 heteroatoms. The molecule has 102 valence electrons. The van der Waals surface area contributed by atoms with Gasteiger partial charge < -0.3 is 4.57 Å². The van der Waals surface area contributed by atoms with Crippen molar-refractivity contribution in [3.8, 4) is 0 Å². The van der Waals surface area contributed by atoms with Crippen molar-refractivity contribution in [3.63, 3.8) is 0 Å². The Labute approximate surface area is 117 Å². The normalized spacial score (nSPS) is 17.0. The van der Waals surface area contributed by atoms with Crippen molar-refractivity contribution in [3.05, 3.63) is 29.8 Å². The van der Waals surface area contributed by atoms with Gasteiger partial charge in [0, 0.05) is 24.9 Å². The van der Waals surface area contributed by atoms with E-state index in [1.165, 1.54) is 25.0 Å². The lowest BCUT2D eigenvalue weighted by Gasteiger charge is -2.14. The summed E-state index contributed by atoms with van der Waals surface area (Å²) in [7, 11) is 0. The van der Waals surface area contributed by atoms with Crippen LogP contribution in [0.3, 0.4) is 0 Å². The molecule has 0 amide bonds. The second-order valence-corrected chi connectivity index (χ2v) is 5.90. The van der Waals surface area contributed by atoms with E-state index in [-0.39, 0.29) is 5.82 Å². The predicted octanol–water partition coefficient (Wildman–Crippen LogP) is 4.00. The molecule has 0 bridgehead atoms. The maximum atomic E-state index is 13.3. The van der Waals surface area contributed by atoms with Crippen molar-refractivity contribution in [2.24, 2.45) is 11.8 Å². The van der Waals surface area contributed by atoms with Gasteiger partial charge in [-0.15, -0.1) is 11.6 Å². The molecule has 1 atom stereocenters. The first-order valence-electron chi connectivity index (χ1n) is 6.89. The molecule has 0 N–H and O–H groups in total. The molecule has 19 heavy (non-hydrogen) atoms. The Balaban J connectivity index is 1.99. The van der Waals surface area contributed by atoms with Crippen LogP contribution in [0.15, 0.2) is 18.2 Å². The average molecular weight is 281 g/mol. The zero-order chi connectivity index (χ0) is 13.4. The summed E-state index contributed by atoms with van der Waals surface area (Å²) in [6.45, 7) is 3.25. The van der Waals surface area contributed by atoms with Crippen LogP contribution >= 0.6 is 11.6 Å². The third-order valence-corrected chi connectivity index (χ3v) is 4.19. The van der Waals surface area contributed by atoms with Crippen LogP contribution in [0, 0.1) is 17.7 Å². The second-order valence-electron chi connectivity index (χ2n) is 5.53. The zero-order valence-corrected chi connectivity index (χ0v) is 11.8. The molecule has 1 aliphatic carbocycles. The molecule has 1 saturated carbocycles. The quantitative estimate of drug-likeness (QED) is 0.757. The number of rotatable bonds is 5. The van der Waals surface area contributed by atoms with E-state index in [1.54, 1.807) is 0 Å². The van der Waals surface area contributed by atoms with Gasteiger partial charge in [0.1, 0.15) is 11.6 Å². The highest BCUT2D eigenvalue weighted by molar-refractivity contribution is 6.17. The van der Waals surface area contributed by atoms with E-state index < -0.39 is 0 Å². The Morgan fingerprint density at radius 2 is 2.26 bits per heavy atom. The predicted molar refractivity (Wildman–Crippen MR) is 76.0 cm³/mol. The largest absolute Gasteiger partial charge is 0.328 e. The fourth-order valence-corrected chi connectivity index (χ4v) is 2.90. The minimum absolute atomic E-state index is 0.232. The Kier molecular flexibility index (Phi) is 3.48. The molecular weight excluding hydrogens is 263 g/mol. The third kappa shape index (κ3) is 2.62. The van der Waals surface area contributed by atoms with Crippen molar-refractivity contribution in [2.75, 3.05) is 5.88 Å². The van der Waals surface area contributed by atoms with Crippen LogP contribution in [-0.4, -0.2) is 15.4 Å². The van der Waals surface area contributed by atoms with Crippen molar-refractivity contribution >= 4 is 22.6 Å².